The molecule has 36 heavy (non-hydrogen) atoms. The molecule has 1 atom stereocenters. The first kappa shape index (κ1) is 30.1. The third-order valence-corrected chi connectivity index (χ3v) is 6.75. The van der Waals surface area contributed by atoms with Crippen LogP contribution in [0.1, 0.15) is 119 Å². The lowest BCUT2D eigenvalue weighted by atomic mass is 10.0. The molecule has 1 aliphatic rings. The molecule has 1 heterocycles. The largest absolute Gasteiger partial charge is 0.464 e. The zero-order valence-electron chi connectivity index (χ0n) is 21.5. The zero-order valence-corrected chi connectivity index (χ0v) is 21.5. The Balaban J connectivity index is 1.64. The first-order valence-corrected chi connectivity index (χ1v) is 13.6. The third kappa shape index (κ3) is 10.5. The lowest BCUT2D eigenvalue weighted by Gasteiger charge is -2.23. The van der Waals surface area contributed by atoms with Crippen molar-refractivity contribution in [2.45, 2.75) is 115 Å². The predicted molar refractivity (Wildman–Crippen MR) is 132 cm³/mol. The molecular formula is C28H41F4NO3. The monoisotopic (exact) mass is 515 g/mol. The Morgan fingerprint density at radius 2 is 1.44 bits per heavy atom. The highest BCUT2D eigenvalue weighted by Gasteiger charge is 2.37. The summed E-state index contributed by atoms with van der Waals surface area (Å²) in [5.41, 5.74) is -1.65. The fourth-order valence-electron chi connectivity index (χ4n) is 4.69. The number of ether oxygens (including phenoxy) is 1. The number of nitrogens with zero attached hydrogens (tertiary/aromatic N) is 1. The topological polar surface area (TPSA) is 46.6 Å². The van der Waals surface area contributed by atoms with E-state index in [0.717, 1.165) is 25.3 Å². The van der Waals surface area contributed by atoms with Crippen molar-refractivity contribution in [3.63, 3.8) is 0 Å². The van der Waals surface area contributed by atoms with Crippen molar-refractivity contribution < 1.29 is 31.9 Å². The molecule has 0 aliphatic carbocycles. The van der Waals surface area contributed by atoms with E-state index in [1.165, 1.54) is 69.1 Å². The molecule has 0 radical (unpaired) electrons. The average Bonchev–Trinajstić information content (AvgIpc) is 3.33. The summed E-state index contributed by atoms with van der Waals surface area (Å²) in [6.45, 7) is 2.70. The second-order valence-corrected chi connectivity index (χ2v) is 9.79. The molecule has 0 bridgehead atoms. The van der Waals surface area contributed by atoms with Gasteiger partial charge in [0.1, 0.15) is 11.9 Å². The van der Waals surface area contributed by atoms with Crippen molar-refractivity contribution in [3.8, 4) is 0 Å². The van der Waals surface area contributed by atoms with Crippen LogP contribution in [0.15, 0.2) is 18.2 Å². The molecule has 1 unspecified atom stereocenters. The van der Waals surface area contributed by atoms with E-state index >= 15 is 0 Å². The molecular weight excluding hydrogens is 474 g/mol. The number of hydrogen-bond donors (Lipinski definition) is 0. The number of likely N-dealkylation sites (tertiary alicyclic amines) is 1. The molecule has 0 aromatic heterocycles. The van der Waals surface area contributed by atoms with Gasteiger partial charge in [-0.25, -0.2) is 9.18 Å². The standard InChI is InChI=1S/C28H41F4NO3/c1-2-3-4-5-6-7-8-9-10-11-12-13-14-18-36-27(35)25-16-15-17-33(25)26(34)22-19-23(28(30,31)32)21-24(29)20-22/h19-21,25H,2-18H2,1H3. The van der Waals surface area contributed by atoms with Crippen molar-refractivity contribution in [1.29, 1.82) is 0 Å². The summed E-state index contributed by atoms with van der Waals surface area (Å²) in [6.07, 6.45) is 11.9. The van der Waals surface area contributed by atoms with Gasteiger partial charge < -0.3 is 9.64 Å². The van der Waals surface area contributed by atoms with Gasteiger partial charge in [0.2, 0.25) is 0 Å². The highest BCUT2D eigenvalue weighted by Crippen LogP contribution is 2.31. The van der Waals surface area contributed by atoms with E-state index in [9.17, 15) is 27.2 Å². The first-order valence-electron chi connectivity index (χ1n) is 13.6. The van der Waals surface area contributed by atoms with E-state index in [-0.39, 0.29) is 13.2 Å². The van der Waals surface area contributed by atoms with Crippen molar-refractivity contribution in [2.24, 2.45) is 0 Å². The molecule has 1 aliphatic heterocycles. The van der Waals surface area contributed by atoms with Crippen LogP contribution in [0.5, 0.6) is 0 Å². The fraction of sp³-hybridized carbons (Fsp3) is 0.714. The summed E-state index contributed by atoms with van der Waals surface area (Å²) in [4.78, 5) is 26.5. The van der Waals surface area contributed by atoms with Gasteiger partial charge in [-0.05, 0) is 37.5 Å². The van der Waals surface area contributed by atoms with E-state index < -0.39 is 41.0 Å². The maximum Gasteiger partial charge on any atom is 0.416 e. The molecule has 1 amide bonds. The third-order valence-electron chi connectivity index (χ3n) is 6.75. The minimum absolute atomic E-state index is 0.217. The van der Waals surface area contributed by atoms with Crippen molar-refractivity contribution >= 4 is 11.9 Å². The number of carbonyl (C=O) groups is 2. The van der Waals surface area contributed by atoms with Crippen LogP contribution < -0.4 is 0 Å². The molecule has 0 saturated carbocycles. The van der Waals surface area contributed by atoms with E-state index in [2.05, 4.69) is 6.92 Å². The van der Waals surface area contributed by atoms with Crippen molar-refractivity contribution in [3.05, 3.63) is 35.1 Å². The SMILES string of the molecule is CCCCCCCCCCCCCCCOC(=O)C1CCCN1C(=O)c1cc(F)cc(C(F)(F)F)c1. The summed E-state index contributed by atoms with van der Waals surface area (Å²) in [5, 5.41) is 0. The van der Waals surface area contributed by atoms with E-state index in [1.807, 2.05) is 0 Å². The van der Waals surface area contributed by atoms with E-state index in [0.29, 0.717) is 25.0 Å². The molecule has 1 aromatic rings. The maximum absolute atomic E-state index is 13.7. The second-order valence-electron chi connectivity index (χ2n) is 9.79. The first-order chi connectivity index (χ1) is 17.2. The summed E-state index contributed by atoms with van der Waals surface area (Å²) in [6, 6.07) is 0.894. The fourth-order valence-corrected chi connectivity index (χ4v) is 4.69. The number of rotatable bonds is 16. The van der Waals surface area contributed by atoms with E-state index in [1.54, 1.807) is 0 Å². The quantitative estimate of drug-likeness (QED) is 0.127. The minimum Gasteiger partial charge on any atom is -0.464 e. The number of alkyl halides is 3. The zero-order chi connectivity index (χ0) is 26.4. The van der Waals surface area contributed by atoms with Crippen LogP contribution in [0.4, 0.5) is 17.6 Å². The molecule has 2 rings (SSSR count). The number of halogens is 4. The van der Waals surface area contributed by atoms with Gasteiger partial charge in [0, 0.05) is 12.1 Å². The molecule has 0 N–H and O–H groups in total. The molecule has 4 nitrogen and oxygen atoms in total. The summed E-state index contributed by atoms with van der Waals surface area (Å²) in [7, 11) is 0. The highest BCUT2D eigenvalue weighted by atomic mass is 19.4. The lowest BCUT2D eigenvalue weighted by Crippen LogP contribution is -2.41. The van der Waals surface area contributed by atoms with Gasteiger partial charge in [-0.2, -0.15) is 13.2 Å². The van der Waals surface area contributed by atoms with Crippen LogP contribution in [-0.4, -0.2) is 36.0 Å². The van der Waals surface area contributed by atoms with Crippen LogP contribution in [0, 0.1) is 5.82 Å². The minimum atomic E-state index is -4.77. The van der Waals surface area contributed by atoms with Crippen LogP contribution >= 0.6 is 0 Å². The molecule has 8 heteroatoms. The Bertz CT molecular complexity index is 812. The van der Waals surface area contributed by atoms with Crippen molar-refractivity contribution in [2.75, 3.05) is 13.2 Å². The number of esters is 1. The Kier molecular flexibility index (Phi) is 13.3. The van der Waals surface area contributed by atoms with Crippen molar-refractivity contribution in [1.82, 2.24) is 4.90 Å². The maximum atomic E-state index is 13.7. The molecule has 204 valence electrons. The van der Waals surface area contributed by atoms with Crippen LogP contribution in [0.2, 0.25) is 0 Å². The summed E-state index contributed by atoms with van der Waals surface area (Å²) < 4.78 is 58.1. The normalized spacial score (nSPS) is 15.9. The Morgan fingerprint density at radius 1 is 0.889 bits per heavy atom. The van der Waals surface area contributed by atoms with Crippen LogP contribution in [-0.2, 0) is 15.7 Å². The predicted octanol–water partition coefficient (Wildman–Crippen LogP) is 8.08. The highest BCUT2D eigenvalue weighted by molar-refractivity contribution is 5.97. The van der Waals surface area contributed by atoms with Gasteiger partial charge in [-0.1, -0.05) is 84.0 Å². The summed E-state index contributed by atoms with van der Waals surface area (Å²) >= 11 is 0. The number of carbonyl (C=O) groups excluding carboxylic acids is 2. The van der Waals surface area contributed by atoms with Gasteiger partial charge in [-0.3, -0.25) is 4.79 Å². The Labute approximate surface area is 212 Å². The Hall–Kier alpha value is -2.12. The number of unbranched alkanes of at least 4 members (excludes halogenated alkanes) is 12. The van der Waals surface area contributed by atoms with Crippen LogP contribution in [0.25, 0.3) is 0 Å². The number of amides is 1. The second kappa shape index (κ2) is 15.9. The van der Waals surface area contributed by atoms with Gasteiger partial charge in [0.05, 0.1) is 12.2 Å². The molecule has 1 saturated heterocycles. The number of benzene rings is 1. The lowest BCUT2D eigenvalue weighted by molar-refractivity contribution is -0.148. The van der Waals surface area contributed by atoms with Gasteiger partial charge in [0.25, 0.3) is 5.91 Å². The van der Waals surface area contributed by atoms with Gasteiger partial charge >= 0.3 is 12.1 Å². The van der Waals surface area contributed by atoms with E-state index in [4.69, 9.17) is 4.74 Å². The van der Waals surface area contributed by atoms with Crippen LogP contribution in [0.3, 0.4) is 0 Å². The Morgan fingerprint density at radius 3 is 2.00 bits per heavy atom. The van der Waals surface area contributed by atoms with Gasteiger partial charge in [-0.15, -0.1) is 0 Å². The number of hydrogen-bond acceptors (Lipinski definition) is 3. The average molecular weight is 516 g/mol. The molecule has 0 spiro atoms. The molecule has 1 aromatic carbocycles. The molecule has 1 fully saturated rings. The summed E-state index contributed by atoms with van der Waals surface area (Å²) in [5.74, 6) is -2.48. The smallest absolute Gasteiger partial charge is 0.416 e. The van der Waals surface area contributed by atoms with Gasteiger partial charge in [0.15, 0.2) is 0 Å².